The molecule has 1 amide bonds. The molecule has 1 atom stereocenters. The number of carbonyl (C=O) groups is 1. The van der Waals surface area contributed by atoms with Gasteiger partial charge in [-0.1, -0.05) is 6.07 Å². The highest BCUT2D eigenvalue weighted by Crippen LogP contribution is 2.45. The summed E-state index contributed by atoms with van der Waals surface area (Å²) in [6, 6.07) is 3.32. The summed E-state index contributed by atoms with van der Waals surface area (Å²) in [5.74, 6) is -4.99. The molecule has 1 unspecified atom stereocenters. The topological polar surface area (TPSA) is 133 Å². The molecule has 1 aliphatic rings. The van der Waals surface area contributed by atoms with E-state index < -0.39 is 36.3 Å². The van der Waals surface area contributed by atoms with Crippen LogP contribution in [-0.2, 0) is 16.6 Å². The predicted octanol–water partition coefficient (Wildman–Crippen LogP) is 4.34. The smallest absolute Gasteiger partial charge is 0.453 e. The number of aromatic nitrogens is 6. The van der Waals surface area contributed by atoms with Crippen molar-refractivity contribution in [3.05, 3.63) is 53.7 Å². The average Bonchev–Trinajstić information content (AvgIpc) is 3.44. The Labute approximate surface area is 223 Å². The van der Waals surface area contributed by atoms with Crippen LogP contribution in [0.2, 0.25) is 0 Å². The van der Waals surface area contributed by atoms with Crippen molar-refractivity contribution in [1.82, 2.24) is 29.3 Å². The van der Waals surface area contributed by atoms with Crippen LogP contribution in [0.5, 0.6) is 5.88 Å². The number of aryl methyl sites for hydroxylation is 1. The van der Waals surface area contributed by atoms with Crippen molar-refractivity contribution < 1.29 is 31.5 Å². The highest BCUT2D eigenvalue weighted by Gasteiger charge is 2.56. The Bertz CT molecular complexity index is 1600. The minimum absolute atomic E-state index is 0.0324. The number of hydrogen-bond donors (Lipinski definition) is 2. The fourth-order valence-electron chi connectivity index (χ4n) is 4.47. The van der Waals surface area contributed by atoms with Gasteiger partial charge in [-0.25, -0.2) is 24.9 Å². The van der Waals surface area contributed by atoms with Crippen LogP contribution in [0.25, 0.3) is 17.2 Å². The number of nitrogens with zero attached hydrogens (tertiary/aromatic N) is 6. The third-order valence-electron chi connectivity index (χ3n) is 6.56. The molecule has 5 rings (SSSR count). The van der Waals surface area contributed by atoms with Crippen LogP contribution in [0.4, 0.5) is 33.6 Å². The van der Waals surface area contributed by atoms with Gasteiger partial charge in [0.15, 0.2) is 11.5 Å². The fourth-order valence-corrected chi connectivity index (χ4v) is 4.47. The minimum Gasteiger partial charge on any atom is -0.475 e. The summed E-state index contributed by atoms with van der Waals surface area (Å²) < 4.78 is 72.4. The number of pyridine rings is 1. The van der Waals surface area contributed by atoms with Gasteiger partial charge in [-0.15, -0.1) is 0 Å². The van der Waals surface area contributed by atoms with Crippen molar-refractivity contribution >= 4 is 23.2 Å². The molecule has 0 aromatic carbocycles. The molecule has 0 spiro atoms. The molecule has 0 fully saturated rings. The van der Waals surface area contributed by atoms with E-state index in [1.807, 2.05) is 13.8 Å². The molecule has 4 aromatic rings. The van der Waals surface area contributed by atoms with Gasteiger partial charge in [0.05, 0.1) is 17.4 Å². The van der Waals surface area contributed by atoms with Gasteiger partial charge in [-0.2, -0.15) is 22.0 Å². The summed E-state index contributed by atoms with van der Waals surface area (Å²) in [6.45, 7) is 5.35. The summed E-state index contributed by atoms with van der Waals surface area (Å²) in [6.07, 6.45) is -2.28. The first-order valence-corrected chi connectivity index (χ1v) is 12.1. The number of hydrogen-bond acceptors (Lipinski definition) is 8. The van der Waals surface area contributed by atoms with Gasteiger partial charge in [0.1, 0.15) is 22.7 Å². The molecular weight excluding hydrogens is 539 g/mol. The monoisotopic (exact) mass is 562 g/mol. The Hall–Kier alpha value is -4.43. The number of amides is 1. The third-order valence-corrected chi connectivity index (χ3v) is 6.56. The Morgan fingerprint density at radius 1 is 1.12 bits per heavy atom. The molecule has 40 heavy (non-hydrogen) atoms. The van der Waals surface area contributed by atoms with E-state index in [9.17, 15) is 26.7 Å². The van der Waals surface area contributed by atoms with Gasteiger partial charge >= 0.3 is 12.1 Å². The van der Waals surface area contributed by atoms with Crippen LogP contribution < -0.4 is 15.8 Å². The molecule has 0 bridgehead atoms. The molecule has 10 nitrogen and oxygen atoms in total. The standard InChI is InChI=1S/C25H23F5N8O2/c1-12(2)40-16-5-4-13(10-33-16)23(3)17-18(31)35-19(36-20(17)37-22(23)39)15-11-38-9-8-32-21(38)14(34-15)6-7-24(26,27)25(28,29)30/h4-5,8-12H,6-7H2,1-3H3,(H3,31,35,36,37,39). The molecule has 0 saturated heterocycles. The van der Waals surface area contributed by atoms with Gasteiger partial charge in [0.25, 0.3) is 0 Å². The number of carbonyl (C=O) groups excluding carboxylic acids is 1. The lowest BCUT2D eigenvalue weighted by molar-refractivity contribution is -0.284. The molecular formula is C25H23F5N8O2. The zero-order chi connectivity index (χ0) is 29.0. The summed E-state index contributed by atoms with van der Waals surface area (Å²) >= 11 is 0. The summed E-state index contributed by atoms with van der Waals surface area (Å²) in [5.41, 5.74) is 5.85. The summed E-state index contributed by atoms with van der Waals surface area (Å²) in [5, 5.41) is 2.69. The molecule has 0 radical (unpaired) electrons. The molecule has 0 saturated carbocycles. The zero-order valence-corrected chi connectivity index (χ0v) is 21.4. The highest BCUT2D eigenvalue weighted by molar-refractivity contribution is 6.09. The van der Waals surface area contributed by atoms with Gasteiger partial charge in [0, 0.05) is 37.3 Å². The quantitative estimate of drug-likeness (QED) is 0.318. The first kappa shape index (κ1) is 27.1. The molecule has 5 heterocycles. The van der Waals surface area contributed by atoms with Crippen molar-refractivity contribution in [3.8, 4) is 17.4 Å². The SMILES string of the molecule is CC(C)Oc1ccc(C2(C)C(=O)Nc3nc(-c4cn5ccnc5c(CCC(F)(F)C(F)(F)F)n4)nc(N)c32)cn1. The maximum absolute atomic E-state index is 13.6. The minimum atomic E-state index is -5.70. The first-order chi connectivity index (χ1) is 18.7. The van der Waals surface area contributed by atoms with Crippen molar-refractivity contribution in [2.75, 3.05) is 11.1 Å². The van der Waals surface area contributed by atoms with Crippen LogP contribution in [0, 0.1) is 0 Å². The number of anilines is 2. The number of nitrogens with one attached hydrogen (secondary N) is 1. The molecule has 15 heteroatoms. The van der Waals surface area contributed by atoms with E-state index in [4.69, 9.17) is 10.5 Å². The Balaban J connectivity index is 1.52. The van der Waals surface area contributed by atoms with Gasteiger partial charge in [0.2, 0.25) is 11.8 Å². The number of rotatable bonds is 7. The van der Waals surface area contributed by atoms with Gasteiger partial charge in [-0.05, 0) is 32.8 Å². The number of ether oxygens (including phenoxy) is 1. The van der Waals surface area contributed by atoms with E-state index >= 15 is 0 Å². The molecule has 1 aliphatic heterocycles. The lowest BCUT2D eigenvalue weighted by Crippen LogP contribution is -2.36. The number of fused-ring (bicyclic) bond motifs is 2. The fraction of sp³-hybridized carbons (Fsp3) is 0.360. The maximum Gasteiger partial charge on any atom is 0.453 e. The van der Waals surface area contributed by atoms with Crippen molar-refractivity contribution in [2.24, 2.45) is 0 Å². The lowest BCUT2D eigenvalue weighted by Gasteiger charge is -2.23. The molecule has 0 aliphatic carbocycles. The Kier molecular flexibility index (Phi) is 6.34. The van der Waals surface area contributed by atoms with Crippen LogP contribution in [-0.4, -0.2) is 53.4 Å². The average molecular weight is 563 g/mol. The second kappa shape index (κ2) is 9.34. The second-order valence-electron chi connectivity index (χ2n) is 9.72. The van der Waals surface area contributed by atoms with Gasteiger partial charge in [-0.3, -0.25) is 4.79 Å². The van der Waals surface area contributed by atoms with Crippen LogP contribution in [0.15, 0.2) is 36.9 Å². The number of nitrogens with two attached hydrogens (primary N) is 1. The second-order valence-corrected chi connectivity index (χ2v) is 9.72. The molecule has 210 valence electrons. The van der Waals surface area contributed by atoms with E-state index in [2.05, 4.69) is 30.2 Å². The summed E-state index contributed by atoms with van der Waals surface area (Å²) in [7, 11) is 0. The van der Waals surface area contributed by atoms with E-state index in [0.717, 1.165) is 0 Å². The number of nitrogen functional groups attached to an aromatic ring is 1. The van der Waals surface area contributed by atoms with Gasteiger partial charge < -0.3 is 20.2 Å². The molecule has 4 aromatic heterocycles. The van der Waals surface area contributed by atoms with E-state index in [1.54, 1.807) is 19.1 Å². The maximum atomic E-state index is 13.6. The number of halogens is 5. The number of alkyl halides is 5. The van der Waals surface area contributed by atoms with Crippen LogP contribution in [0.1, 0.15) is 44.0 Å². The Morgan fingerprint density at radius 3 is 2.52 bits per heavy atom. The lowest BCUT2D eigenvalue weighted by atomic mass is 9.78. The predicted molar refractivity (Wildman–Crippen MR) is 133 cm³/mol. The van der Waals surface area contributed by atoms with Crippen LogP contribution in [0.3, 0.4) is 0 Å². The first-order valence-electron chi connectivity index (χ1n) is 12.1. The van der Waals surface area contributed by atoms with Crippen LogP contribution >= 0.6 is 0 Å². The third kappa shape index (κ3) is 4.54. The van der Waals surface area contributed by atoms with E-state index in [1.165, 1.54) is 29.2 Å². The normalized spacial score (nSPS) is 17.4. The van der Waals surface area contributed by atoms with Crippen molar-refractivity contribution in [2.45, 2.75) is 57.2 Å². The van der Waals surface area contributed by atoms with Crippen molar-refractivity contribution in [1.29, 1.82) is 0 Å². The highest BCUT2D eigenvalue weighted by atomic mass is 19.4. The van der Waals surface area contributed by atoms with E-state index in [0.29, 0.717) is 17.0 Å². The van der Waals surface area contributed by atoms with E-state index in [-0.39, 0.29) is 40.6 Å². The molecule has 3 N–H and O–H groups in total. The summed E-state index contributed by atoms with van der Waals surface area (Å²) in [4.78, 5) is 34.4. The largest absolute Gasteiger partial charge is 0.475 e. The van der Waals surface area contributed by atoms with Crippen molar-refractivity contribution in [3.63, 3.8) is 0 Å². The number of imidazole rings is 1. The Morgan fingerprint density at radius 2 is 1.88 bits per heavy atom. The zero-order valence-electron chi connectivity index (χ0n) is 21.4.